The summed E-state index contributed by atoms with van der Waals surface area (Å²) in [6.45, 7) is 8.45. The lowest BCUT2D eigenvalue weighted by atomic mass is 9.97. The molecule has 6 heteroatoms. The lowest BCUT2D eigenvalue weighted by Crippen LogP contribution is -2.19. The fraction of sp³-hybridized carbons (Fsp3) is 0.280. The van der Waals surface area contributed by atoms with E-state index in [0.29, 0.717) is 5.92 Å². The molecule has 0 amide bonds. The van der Waals surface area contributed by atoms with Gasteiger partial charge in [0.15, 0.2) is 0 Å². The molecule has 0 unspecified atom stereocenters. The fourth-order valence-corrected chi connectivity index (χ4v) is 4.18. The summed E-state index contributed by atoms with van der Waals surface area (Å²) in [6, 6.07) is 14.7. The van der Waals surface area contributed by atoms with Crippen LogP contribution < -0.4 is 16.0 Å². The van der Waals surface area contributed by atoms with Gasteiger partial charge in [-0.2, -0.15) is 5.10 Å². The molecule has 0 spiro atoms. The van der Waals surface area contributed by atoms with Gasteiger partial charge >= 0.3 is 0 Å². The number of pyridine rings is 1. The van der Waals surface area contributed by atoms with E-state index in [1.54, 1.807) is 0 Å². The topological polar surface area (TPSA) is 77.7 Å². The van der Waals surface area contributed by atoms with Crippen molar-refractivity contribution < 1.29 is 0 Å². The van der Waals surface area contributed by atoms with Crippen LogP contribution >= 0.6 is 0 Å². The first-order valence-corrected chi connectivity index (χ1v) is 10.8. The normalized spacial score (nSPS) is 13.4. The second-order valence-electron chi connectivity index (χ2n) is 8.63. The Balaban J connectivity index is 1.46. The molecule has 0 aliphatic carbocycles. The minimum absolute atomic E-state index is 0.0385. The van der Waals surface area contributed by atoms with Crippen molar-refractivity contribution in [2.45, 2.75) is 33.5 Å². The van der Waals surface area contributed by atoms with Crippen LogP contribution in [-0.4, -0.2) is 21.7 Å². The third-order valence-electron chi connectivity index (χ3n) is 5.90. The van der Waals surface area contributed by atoms with Crippen LogP contribution in [-0.2, 0) is 6.54 Å². The van der Waals surface area contributed by atoms with Crippen LogP contribution in [0.15, 0.2) is 54.9 Å². The number of aromatic amines is 1. The molecule has 4 aromatic rings. The van der Waals surface area contributed by atoms with Crippen LogP contribution in [0.25, 0.3) is 22.0 Å². The van der Waals surface area contributed by atoms with Crippen LogP contribution in [0.1, 0.15) is 36.8 Å². The Kier molecular flexibility index (Phi) is 5.08. The number of nitrogens with one attached hydrogen (secondary N) is 4. The van der Waals surface area contributed by atoms with E-state index in [1.807, 2.05) is 24.5 Å². The van der Waals surface area contributed by atoms with Crippen LogP contribution in [0.4, 0.5) is 11.4 Å². The van der Waals surface area contributed by atoms with E-state index in [-0.39, 0.29) is 6.17 Å². The van der Waals surface area contributed by atoms with Crippen LogP contribution in [0.2, 0.25) is 0 Å². The number of fused-ring (bicyclic) bond motifs is 2. The summed E-state index contributed by atoms with van der Waals surface area (Å²) in [5.41, 5.74) is 9.02. The molecule has 0 atom stereocenters. The first-order chi connectivity index (χ1) is 15.1. The number of nitrogens with zero attached hydrogens (tertiary/aromatic N) is 2. The largest absolute Gasteiger partial charge is 0.359 e. The minimum Gasteiger partial charge on any atom is -0.359 e. The van der Waals surface area contributed by atoms with Crippen LogP contribution in [0.3, 0.4) is 0 Å². The maximum atomic E-state index is 4.53. The summed E-state index contributed by atoms with van der Waals surface area (Å²) in [6.07, 6.45) is 3.89. The molecule has 0 fully saturated rings. The van der Waals surface area contributed by atoms with E-state index in [0.717, 1.165) is 52.2 Å². The average molecular weight is 413 g/mol. The van der Waals surface area contributed by atoms with E-state index in [4.69, 9.17) is 0 Å². The van der Waals surface area contributed by atoms with Gasteiger partial charge in [0, 0.05) is 29.9 Å². The van der Waals surface area contributed by atoms with Crippen molar-refractivity contribution in [3.05, 3.63) is 71.7 Å². The van der Waals surface area contributed by atoms with E-state index in [1.165, 1.54) is 11.1 Å². The molecule has 0 radical (unpaired) electrons. The van der Waals surface area contributed by atoms with E-state index >= 15 is 0 Å². The number of para-hydroxylation sites is 2. The summed E-state index contributed by atoms with van der Waals surface area (Å²) in [5.74, 6) is 0.627. The summed E-state index contributed by atoms with van der Waals surface area (Å²) < 4.78 is 0. The zero-order valence-electron chi connectivity index (χ0n) is 18.2. The van der Waals surface area contributed by atoms with Gasteiger partial charge in [0.25, 0.3) is 0 Å². The molecule has 0 bridgehead atoms. The van der Waals surface area contributed by atoms with Crippen molar-refractivity contribution in [1.29, 1.82) is 0 Å². The molecule has 0 saturated carbocycles. The zero-order valence-corrected chi connectivity index (χ0v) is 18.2. The van der Waals surface area contributed by atoms with Crippen molar-refractivity contribution in [1.82, 2.24) is 20.5 Å². The minimum atomic E-state index is -0.0385. The Bertz CT molecular complexity index is 1200. The van der Waals surface area contributed by atoms with Gasteiger partial charge in [-0.1, -0.05) is 32.0 Å². The third-order valence-corrected chi connectivity index (χ3v) is 5.90. The number of H-pyrrole nitrogens is 1. The van der Waals surface area contributed by atoms with E-state index < -0.39 is 0 Å². The van der Waals surface area contributed by atoms with Gasteiger partial charge in [0.05, 0.1) is 22.6 Å². The molecule has 4 N–H and O–H groups in total. The van der Waals surface area contributed by atoms with E-state index in [9.17, 15) is 0 Å². The Morgan fingerprint density at radius 1 is 1.03 bits per heavy atom. The maximum Gasteiger partial charge on any atom is 0.141 e. The predicted molar refractivity (Wildman–Crippen MR) is 127 cm³/mol. The van der Waals surface area contributed by atoms with Crippen molar-refractivity contribution in [2.75, 3.05) is 17.2 Å². The van der Waals surface area contributed by atoms with Gasteiger partial charge in [-0.05, 0) is 60.3 Å². The Morgan fingerprint density at radius 2 is 1.81 bits per heavy atom. The zero-order chi connectivity index (χ0) is 21.4. The lowest BCUT2D eigenvalue weighted by molar-refractivity contribution is 0.551. The Hall–Kier alpha value is -3.38. The Morgan fingerprint density at radius 3 is 2.55 bits per heavy atom. The summed E-state index contributed by atoms with van der Waals surface area (Å²) in [4.78, 5) is 4.53. The van der Waals surface area contributed by atoms with Crippen molar-refractivity contribution in [3.63, 3.8) is 0 Å². The second kappa shape index (κ2) is 8.04. The molecule has 5 rings (SSSR count). The molecule has 2 aromatic heterocycles. The van der Waals surface area contributed by atoms with Gasteiger partial charge in [-0.25, -0.2) is 0 Å². The molecular formula is C25H28N6. The lowest BCUT2D eigenvalue weighted by Gasteiger charge is -2.14. The van der Waals surface area contributed by atoms with Crippen molar-refractivity contribution >= 4 is 22.3 Å². The van der Waals surface area contributed by atoms with Gasteiger partial charge < -0.3 is 16.0 Å². The highest BCUT2D eigenvalue weighted by molar-refractivity contribution is 5.89. The predicted octanol–water partition coefficient (Wildman–Crippen LogP) is 5.22. The number of rotatable bonds is 6. The first kappa shape index (κ1) is 19.6. The van der Waals surface area contributed by atoms with Gasteiger partial charge in [0.2, 0.25) is 0 Å². The number of hydrogen-bond acceptors (Lipinski definition) is 5. The smallest absolute Gasteiger partial charge is 0.141 e. The highest BCUT2D eigenvalue weighted by atomic mass is 15.2. The molecule has 1 aliphatic heterocycles. The number of anilines is 2. The van der Waals surface area contributed by atoms with Gasteiger partial charge in [0.1, 0.15) is 6.17 Å². The first-order valence-electron chi connectivity index (χ1n) is 10.8. The number of hydrogen-bond donors (Lipinski definition) is 4. The fourth-order valence-electron chi connectivity index (χ4n) is 4.18. The SMILES string of the molecule is Cc1c(CNCC(C)C)cncc1-c1ccc2n[nH]c(C3Nc4ccccc4N3)c2c1. The summed E-state index contributed by atoms with van der Waals surface area (Å²) in [5, 5.41) is 19.5. The van der Waals surface area contributed by atoms with Crippen molar-refractivity contribution in [2.24, 2.45) is 5.92 Å². The maximum absolute atomic E-state index is 4.53. The summed E-state index contributed by atoms with van der Waals surface area (Å²) >= 11 is 0. The Labute approximate surface area is 182 Å². The molecule has 0 saturated heterocycles. The van der Waals surface area contributed by atoms with Gasteiger partial charge in [-0.15, -0.1) is 0 Å². The number of benzene rings is 2. The van der Waals surface area contributed by atoms with E-state index in [2.05, 4.69) is 82.2 Å². The number of aromatic nitrogens is 3. The molecule has 1 aliphatic rings. The standard InChI is InChI=1S/C25H28N6/c1-15(2)11-26-12-18-13-27-14-20(16(18)3)17-8-9-21-19(10-17)24(31-30-21)25-28-22-6-4-5-7-23(22)29-25/h4-10,13-15,25-26,28-29H,11-12H2,1-3H3,(H,30,31). The molecule has 31 heavy (non-hydrogen) atoms. The third kappa shape index (κ3) is 3.75. The molecule has 158 valence electrons. The monoisotopic (exact) mass is 412 g/mol. The molecule has 6 nitrogen and oxygen atoms in total. The highest BCUT2D eigenvalue weighted by Gasteiger charge is 2.24. The average Bonchev–Trinajstić information content (AvgIpc) is 3.38. The highest BCUT2D eigenvalue weighted by Crippen LogP contribution is 2.37. The molecule has 3 heterocycles. The van der Waals surface area contributed by atoms with Gasteiger partial charge in [-0.3, -0.25) is 10.1 Å². The van der Waals surface area contributed by atoms with Crippen LogP contribution in [0.5, 0.6) is 0 Å². The van der Waals surface area contributed by atoms with Crippen LogP contribution in [0, 0.1) is 12.8 Å². The summed E-state index contributed by atoms with van der Waals surface area (Å²) in [7, 11) is 0. The molecular weight excluding hydrogens is 384 g/mol. The molecule has 2 aromatic carbocycles. The quantitative estimate of drug-likeness (QED) is 0.349. The van der Waals surface area contributed by atoms with Crippen molar-refractivity contribution in [3.8, 4) is 11.1 Å². The second-order valence-corrected chi connectivity index (χ2v) is 8.63.